The number of fused-ring (bicyclic) bond motifs is 20. The van der Waals surface area contributed by atoms with Gasteiger partial charge in [-0.05, 0) is 30.9 Å². The Kier molecular flexibility index (Phi) is 36.2. The van der Waals surface area contributed by atoms with Crippen LogP contribution in [0.2, 0.25) is 25.3 Å². The van der Waals surface area contributed by atoms with E-state index in [0.29, 0.717) is 52.1 Å². The number of hydrogen-bond donors (Lipinski definition) is 4. The molecule has 4 aromatic heterocycles. The third-order valence-corrected chi connectivity index (χ3v) is 24.2. The first kappa shape index (κ1) is 98.5. The Balaban J connectivity index is 0.000000153. The minimum absolute atomic E-state index is 0.0841. The van der Waals surface area contributed by atoms with Crippen molar-refractivity contribution in [2.75, 3.05) is 46.8 Å². The van der Waals surface area contributed by atoms with Crippen LogP contribution >= 0.6 is 0 Å². The third-order valence-electron chi connectivity index (χ3n) is 24.2. The Labute approximate surface area is 793 Å². The molecule has 0 bridgehead atoms. The number of nitrogens with one attached hydrogen (secondary N) is 4. The summed E-state index contributed by atoms with van der Waals surface area (Å²) in [5.41, 5.74) is 21.8. The molecule has 0 saturated carbocycles. The van der Waals surface area contributed by atoms with Gasteiger partial charge in [-0.3, -0.25) is 24.0 Å². The van der Waals surface area contributed by atoms with E-state index in [4.69, 9.17) is 7.85 Å². The third kappa shape index (κ3) is 24.5. The van der Waals surface area contributed by atoms with Crippen LogP contribution < -0.4 is 40.9 Å². The summed E-state index contributed by atoms with van der Waals surface area (Å²) in [7, 11) is 8.84. The standard InChI is InChI=1S/2C27H32BN5O2.C25H28BN5O2.C24H26BN5O2/c2*1-3-17-29-24(34)14-15-25(35)32-19-20-10-4-5-11-21(20)27-26(22-12-6-7-13-23(22)32)30-31-33(27)18-9-8-16-28-2;1-26-15-7-8-16-31-25-19-10-4-3-9-18(19)17-30(23(33)14-13-22(32)27-2)21-12-6-5-11-20(21)24(25)28-29-31;1-26-21(31)12-13-22(32)29-16-17-8-2-3-9-18(17)23-24(19-10-4-5-11-20(19)29)30(28-27-23)15-7-6-14-25/h2*4-7,10-13H,2-3,8-9,14-19H2,1H3,(H,29,34);3-6,9-12H,1,7-8,13-17H2,2H3,(H,27,32);2-5,8-11H,6-7,12-16H2,1H3,(H,26,31). The van der Waals surface area contributed by atoms with Crippen molar-refractivity contribution in [2.24, 2.45) is 0 Å². The van der Waals surface area contributed by atoms with Crippen LogP contribution in [0.3, 0.4) is 0 Å². The minimum Gasteiger partial charge on any atom is -0.359 e. The topological polar surface area (TPSA) is 320 Å². The van der Waals surface area contributed by atoms with Gasteiger partial charge < -0.3 is 26.2 Å². The number of para-hydroxylation sites is 4. The number of carbonyl (C=O) groups excluding carboxylic acids is 8. The van der Waals surface area contributed by atoms with Crippen LogP contribution in [0.4, 0.5) is 22.7 Å². The summed E-state index contributed by atoms with van der Waals surface area (Å²) in [6.45, 7) is 27.2. The molecule has 4 aliphatic heterocycles. The zero-order valence-electron chi connectivity index (χ0n) is 78.0. The van der Waals surface area contributed by atoms with Crippen molar-refractivity contribution in [3.05, 3.63) is 216 Å². The van der Waals surface area contributed by atoms with Crippen molar-refractivity contribution in [3.63, 3.8) is 0 Å². The first-order valence-electron chi connectivity index (χ1n) is 47.2. The van der Waals surface area contributed by atoms with Crippen molar-refractivity contribution in [1.82, 2.24) is 81.2 Å². The summed E-state index contributed by atoms with van der Waals surface area (Å²) in [6.07, 6.45) is 14.4. The molecule has 0 fully saturated rings. The fourth-order valence-electron chi connectivity index (χ4n) is 17.2. The normalized spacial score (nSPS) is 12.0. The van der Waals surface area contributed by atoms with Gasteiger partial charge in [0.15, 0.2) is 0 Å². The Bertz CT molecular complexity index is 5990. The Hall–Kier alpha value is -14.1. The number of nitrogens with zero attached hydrogens (tertiary/aromatic N) is 16. The van der Waals surface area contributed by atoms with Gasteiger partial charge in [0.1, 0.15) is 5.69 Å². The molecule has 0 spiro atoms. The van der Waals surface area contributed by atoms with Gasteiger partial charge in [0.25, 0.3) is 0 Å². The van der Waals surface area contributed by atoms with Crippen LogP contribution in [0, 0.1) is 0 Å². The number of anilines is 4. The van der Waals surface area contributed by atoms with Crippen LogP contribution in [0.25, 0.3) is 90.1 Å². The molecular weight excluding hydrogens is 1690 g/mol. The number of hydrogen-bond acceptors (Lipinski definition) is 16. The number of benzene rings is 8. The summed E-state index contributed by atoms with van der Waals surface area (Å²) in [6, 6.07) is 63.6. The average molecular weight is 1810 g/mol. The van der Waals surface area contributed by atoms with E-state index in [1.807, 2.05) is 217 Å². The number of carbonyl (C=O) groups is 8. The van der Waals surface area contributed by atoms with Gasteiger partial charge >= 0.3 is 495 Å². The number of rotatable bonds is 35. The van der Waals surface area contributed by atoms with Crippen molar-refractivity contribution >= 4 is 118 Å². The molecule has 4 N–H and O–H groups in total. The zero-order valence-corrected chi connectivity index (χ0v) is 78.0. The summed E-state index contributed by atoms with van der Waals surface area (Å²) in [5.74, 6) is -0.847. The van der Waals surface area contributed by atoms with Crippen molar-refractivity contribution < 1.29 is 38.4 Å². The van der Waals surface area contributed by atoms with E-state index in [0.717, 1.165) is 238 Å². The number of aromatic nitrogens is 12. The molecule has 16 rings (SSSR count). The van der Waals surface area contributed by atoms with E-state index in [-0.39, 0.29) is 98.6 Å². The average Bonchev–Trinajstić information content (AvgIpc) is 1.64. The fourth-order valence-corrected chi connectivity index (χ4v) is 17.2. The number of unbranched alkanes of at least 4 members (excludes halogenated alkanes) is 4. The number of aryl methyl sites for hydroxylation is 4. The molecule has 8 heterocycles. The van der Waals surface area contributed by atoms with Crippen LogP contribution in [-0.4, -0.2) is 182 Å². The van der Waals surface area contributed by atoms with E-state index >= 15 is 0 Å². The van der Waals surface area contributed by atoms with Gasteiger partial charge in [-0.15, -0.1) is 5.10 Å². The Morgan fingerprint density at radius 3 is 0.852 bits per heavy atom. The molecule has 690 valence electrons. The SMILES string of the molecule is C=BCCCCn1nnc2c1-c1ccccc1CN(C(=O)CCC(=O)NC)c1ccccc1-2.C=BCCCCn1nnc2c1-c1ccccc1CN(C(=O)CCC(=O)NCCC)c1ccccc1-2.C=BCCCCn1nnc2c1-c1ccccc1CN(C(=O)CCC(=O)NCCC)c1ccccc1-2.[B]CCCCn1nnc2c1-c1ccccc1N(C(=O)CCC(=O)NC)Cc1ccccc1-2. The summed E-state index contributed by atoms with van der Waals surface area (Å²) in [4.78, 5) is 108. The smallest absolute Gasteiger partial charge is 0.227 e. The van der Waals surface area contributed by atoms with Gasteiger partial charge in [0.05, 0.1) is 25.8 Å². The molecule has 8 amide bonds. The molecule has 0 unspecified atom stereocenters. The minimum atomic E-state index is -0.149. The fraction of sp³-hybridized carbons (Fsp3) is 0.350. The molecule has 4 aliphatic rings. The van der Waals surface area contributed by atoms with Gasteiger partial charge in [0, 0.05) is 77.0 Å². The zero-order chi connectivity index (χ0) is 95.0. The van der Waals surface area contributed by atoms with Gasteiger partial charge in [-0.2, -0.15) is 0 Å². The molecule has 0 atom stereocenters. The van der Waals surface area contributed by atoms with Crippen LogP contribution in [-0.2, 0) is 90.7 Å². The van der Waals surface area contributed by atoms with E-state index in [9.17, 15) is 38.4 Å². The second kappa shape index (κ2) is 49.6. The van der Waals surface area contributed by atoms with Gasteiger partial charge in [-0.1, -0.05) is 74.3 Å². The van der Waals surface area contributed by atoms with Gasteiger partial charge in [0.2, 0.25) is 29.5 Å². The van der Waals surface area contributed by atoms with Crippen LogP contribution in [0.1, 0.15) is 152 Å². The quantitative estimate of drug-likeness (QED) is 0.0212. The van der Waals surface area contributed by atoms with Crippen LogP contribution in [0.15, 0.2) is 194 Å². The monoisotopic (exact) mass is 1810 g/mol. The number of amides is 8. The Morgan fingerprint density at radius 1 is 0.311 bits per heavy atom. The van der Waals surface area contributed by atoms with E-state index in [2.05, 4.69) is 112 Å². The van der Waals surface area contributed by atoms with E-state index < -0.39 is 0 Å². The predicted molar refractivity (Wildman–Crippen MR) is 541 cm³/mol. The maximum Gasteiger partial charge on any atom is 0.227 e. The second-order valence-electron chi connectivity index (χ2n) is 33.6. The molecule has 28 nitrogen and oxygen atoms in total. The first-order valence-corrected chi connectivity index (χ1v) is 47.2. The summed E-state index contributed by atoms with van der Waals surface area (Å²) < 4.78 is 7.88. The maximum absolute atomic E-state index is 13.4. The van der Waals surface area contributed by atoms with Crippen molar-refractivity contribution in [2.45, 2.75) is 207 Å². The van der Waals surface area contributed by atoms with Crippen molar-refractivity contribution in [1.29, 1.82) is 0 Å². The van der Waals surface area contributed by atoms with Crippen molar-refractivity contribution in [3.8, 4) is 90.1 Å². The molecule has 0 saturated heterocycles. The predicted octanol–water partition coefficient (Wildman–Crippen LogP) is 14.9. The molecule has 0 aliphatic carbocycles. The molecule has 12 aromatic rings. The summed E-state index contributed by atoms with van der Waals surface area (Å²) in [5, 5.41) is 47.2. The molecule has 135 heavy (non-hydrogen) atoms. The molecule has 2 radical (unpaired) electrons. The Morgan fingerprint density at radius 2 is 0.556 bits per heavy atom. The molecule has 8 aromatic carbocycles. The second-order valence-corrected chi connectivity index (χ2v) is 33.6. The molecular formula is C103H118B4N20O8. The van der Waals surface area contributed by atoms with Crippen LogP contribution in [0.5, 0.6) is 0 Å². The van der Waals surface area contributed by atoms with E-state index in [1.54, 1.807) is 33.7 Å². The largest absolute Gasteiger partial charge is 0.359 e. The van der Waals surface area contributed by atoms with E-state index in [1.165, 1.54) is 0 Å². The maximum atomic E-state index is 13.4. The molecule has 32 heteroatoms. The first-order chi connectivity index (χ1) is 66.0. The summed E-state index contributed by atoms with van der Waals surface area (Å²) >= 11 is 0. The van der Waals surface area contributed by atoms with Gasteiger partial charge in [-0.25, -0.2) is 4.68 Å².